The standard InChI is InChI=1S/C15H23N3O/c1-12-11-16-13-5-4-8-18(15(19)14(12)13)10-9-17-6-2-3-7-17/h11,16H,2-10H2,1H3. The minimum Gasteiger partial charge on any atom is -0.364 e. The first-order valence-electron chi connectivity index (χ1n) is 7.44. The van der Waals surface area contributed by atoms with Crippen LogP contribution in [-0.4, -0.2) is 53.4 Å². The summed E-state index contributed by atoms with van der Waals surface area (Å²) in [5, 5.41) is 0. The number of amides is 1. The normalized spacial score (nSPS) is 20.7. The number of H-pyrrole nitrogens is 1. The number of aromatic amines is 1. The molecule has 0 spiro atoms. The smallest absolute Gasteiger partial charge is 0.255 e. The van der Waals surface area contributed by atoms with Crippen LogP contribution in [0.3, 0.4) is 0 Å². The maximum absolute atomic E-state index is 12.6. The second-order valence-electron chi connectivity index (χ2n) is 5.77. The summed E-state index contributed by atoms with van der Waals surface area (Å²) in [6, 6.07) is 0. The lowest BCUT2D eigenvalue weighted by molar-refractivity contribution is 0.0745. The molecule has 1 amide bonds. The molecule has 4 nitrogen and oxygen atoms in total. The summed E-state index contributed by atoms with van der Waals surface area (Å²) in [6.07, 6.45) is 6.66. The van der Waals surface area contributed by atoms with Crippen molar-refractivity contribution >= 4 is 5.91 Å². The third-order valence-corrected chi connectivity index (χ3v) is 4.40. The summed E-state index contributed by atoms with van der Waals surface area (Å²) in [7, 11) is 0. The molecule has 0 unspecified atom stereocenters. The highest BCUT2D eigenvalue weighted by molar-refractivity contribution is 5.97. The van der Waals surface area contributed by atoms with Crippen molar-refractivity contribution < 1.29 is 4.79 Å². The largest absolute Gasteiger partial charge is 0.364 e. The molecule has 1 aromatic heterocycles. The second kappa shape index (κ2) is 5.37. The molecule has 4 heteroatoms. The van der Waals surface area contributed by atoms with Gasteiger partial charge in [0.25, 0.3) is 5.91 Å². The Morgan fingerprint density at radius 1 is 1.16 bits per heavy atom. The van der Waals surface area contributed by atoms with E-state index in [1.807, 2.05) is 18.0 Å². The molecule has 2 aliphatic rings. The summed E-state index contributed by atoms with van der Waals surface area (Å²) >= 11 is 0. The molecule has 1 fully saturated rings. The monoisotopic (exact) mass is 261 g/mol. The van der Waals surface area contributed by atoms with E-state index < -0.39 is 0 Å². The predicted molar refractivity (Wildman–Crippen MR) is 75.4 cm³/mol. The third kappa shape index (κ3) is 2.54. The molecule has 0 radical (unpaired) electrons. The van der Waals surface area contributed by atoms with Gasteiger partial charge in [-0.3, -0.25) is 4.79 Å². The Bertz CT molecular complexity index is 460. The van der Waals surface area contributed by atoms with Crippen LogP contribution in [0.2, 0.25) is 0 Å². The van der Waals surface area contributed by atoms with Crippen LogP contribution in [0.1, 0.15) is 40.9 Å². The minimum atomic E-state index is 0.227. The molecule has 104 valence electrons. The second-order valence-corrected chi connectivity index (χ2v) is 5.77. The number of fused-ring (bicyclic) bond motifs is 1. The first-order valence-corrected chi connectivity index (χ1v) is 7.44. The molecule has 0 aliphatic carbocycles. The first-order chi connectivity index (χ1) is 9.25. The van der Waals surface area contributed by atoms with E-state index in [0.717, 1.165) is 49.3 Å². The number of aromatic nitrogens is 1. The number of hydrogen-bond acceptors (Lipinski definition) is 2. The molecular formula is C15H23N3O. The van der Waals surface area contributed by atoms with E-state index in [1.165, 1.54) is 25.9 Å². The van der Waals surface area contributed by atoms with Crippen LogP contribution in [0, 0.1) is 6.92 Å². The number of rotatable bonds is 3. The summed E-state index contributed by atoms with van der Waals surface area (Å²) in [5.74, 6) is 0.227. The van der Waals surface area contributed by atoms with Crippen molar-refractivity contribution in [1.82, 2.24) is 14.8 Å². The lowest BCUT2D eigenvalue weighted by Gasteiger charge is -2.24. The van der Waals surface area contributed by atoms with Gasteiger partial charge in [0, 0.05) is 31.5 Å². The van der Waals surface area contributed by atoms with Gasteiger partial charge >= 0.3 is 0 Å². The number of carbonyl (C=O) groups is 1. The van der Waals surface area contributed by atoms with Gasteiger partial charge in [0.05, 0.1) is 5.56 Å². The van der Waals surface area contributed by atoms with Crippen LogP contribution < -0.4 is 0 Å². The average molecular weight is 261 g/mol. The number of carbonyl (C=O) groups excluding carboxylic acids is 1. The number of nitrogens with one attached hydrogen (secondary N) is 1. The number of likely N-dealkylation sites (tertiary alicyclic amines) is 1. The summed E-state index contributed by atoms with van der Waals surface area (Å²) in [4.78, 5) is 20.4. The SMILES string of the molecule is Cc1c[nH]c2c1C(=O)N(CCN1CCCC1)CCC2. The van der Waals surface area contributed by atoms with Crippen LogP contribution in [0.25, 0.3) is 0 Å². The fraction of sp³-hybridized carbons (Fsp3) is 0.667. The van der Waals surface area contributed by atoms with Crippen LogP contribution >= 0.6 is 0 Å². The molecule has 2 aliphatic heterocycles. The van der Waals surface area contributed by atoms with Gasteiger partial charge in [-0.25, -0.2) is 0 Å². The molecule has 1 N–H and O–H groups in total. The van der Waals surface area contributed by atoms with Crippen molar-refractivity contribution in [2.24, 2.45) is 0 Å². The maximum Gasteiger partial charge on any atom is 0.255 e. The Hall–Kier alpha value is -1.29. The van der Waals surface area contributed by atoms with Gasteiger partial charge in [-0.2, -0.15) is 0 Å². The minimum absolute atomic E-state index is 0.227. The van der Waals surface area contributed by atoms with Gasteiger partial charge in [-0.05, 0) is 51.3 Å². The fourth-order valence-electron chi connectivity index (χ4n) is 3.26. The molecule has 0 atom stereocenters. The van der Waals surface area contributed by atoms with Crippen LogP contribution in [0.5, 0.6) is 0 Å². The third-order valence-electron chi connectivity index (χ3n) is 4.40. The van der Waals surface area contributed by atoms with Gasteiger partial charge in [0.15, 0.2) is 0 Å². The lowest BCUT2D eigenvalue weighted by atomic mass is 10.1. The van der Waals surface area contributed by atoms with Crippen LogP contribution in [0.15, 0.2) is 6.20 Å². The zero-order valence-corrected chi connectivity index (χ0v) is 11.7. The predicted octanol–water partition coefficient (Wildman–Crippen LogP) is 1.81. The van der Waals surface area contributed by atoms with Crippen molar-refractivity contribution in [3.8, 4) is 0 Å². The summed E-state index contributed by atoms with van der Waals surface area (Å²) in [6.45, 7) is 7.24. The topological polar surface area (TPSA) is 39.3 Å². The van der Waals surface area contributed by atoms with E-state index in [2.05, 4.69) is 9.88 Å². The Labute approximate surface area is 114 Å². The number of aryl methyl sites for hydroxylation is 2. The molecule has 3 rings (SSSR count). The Morgan fingerprint density at radius 2 is 1.95 bits per heavy atom. The van der Waals surface area contributed by atoms with Crippen molar-refractivity contribution in [3.05, 3.63) is 23.0 Å². The highest BCUT2D eigenvalue weighted by Gasteiger charge is 2.25. The van der Waals surface area contributed by atoms with Crippen molar-refractivity contribution in [3.63, 3.8) is 0 Å². The van der Waals surface area contributed by atoms with Crippen LogP contribution in [0.4, 0.5) is 0 Å². The molecular weight excluding hydrogens is 238 g/mol. The van der Waals surface area contributed by atoms with E-state index in [4.69, 9.17) is 0 Å². The van der Waals surface area contributed by atoms with E-state index in [1.54, 1.807) is 0 Å². The molecule has 0 bridgehead atoms. The van der Waals surface area contributed by atoms with Crippen molar-refractivity contribution in [2.75, 3.05) is 32.7 Å². The molecule has 0 aromatic carbocycles. The fourth-order valence-corrected chi connectivity index (χ4v) is 3.26. The number of hydrogen-bond donors (Lipinski definition) is 1. The summed E-state index contributed by atoms with van der Waals surface area (Å²) in [5.41, 5.74) is 3.15. The molecule has 19 heavy (non-hydrogen) atoms. The van der Waals surface area contributed by atoms with Crippen LogP contribution in [-0.2, 0) is 6.42 Å². The van der Waals surface area contributed by atoms with E-state index in [-0.39, 0.29) is 5.91 Å². The Morgan fingerprint density at radius 3 is 2.74 bits per heavy atom. The highest BCUT2D eigenvalue weighted by Crippen LogP contribution is 2.21. The maximum atomic E-state index is 12.6. The van der Waals surface area contributed by atoms with Gasteiger partial charge in [-0.1, -0.05) is 0 Å². The molecule has 0 saturated carbocycles. The van der Waals surface area contributed by atoms with Gasteiger partial charge in [0.1, 0.15) is 0 Å². The van der Waals surface area contributed by atoms with Gasteiger partial charge in [-0.15, -0.1) is 0 Å². The van der Waals surface area contributed by atoms with Gasteiger partial charge in [0.2, 0.25) is 0 Å². The number of nitrogens with zero attached hydrogens (tertiary/aromatic N) is 2. The van der Waals surface area contributed by atoms with Crippen molar-refractivity contribution in [1.29, 1.82) is 0 Å². The molecule has 1 aromatic rings. The Kier molecular flexibility index (Phi) is 3.60. The van der Waals surface area contributed by atoms with E-state index >= 15 is 0 Å². The first kappa shape index (κ1) is 12.7. The quantitative estimate of drug-likeness (QED) is 0.901. The zero-order chi connectivity index (χ0) is 13.2. The molecule has 3 heterocycles. The van der Waals surface area contributed by atoms with E-state index in [9.17, 15) is 4.79 Å². The molecule has 1 saturated heterocycles. The lowest BCUT2D eigenvalue weighted by Crippen LogP contribution is -2.38. The summed E-state index contributed by atoms with van der Waals surface area (Å²) < 4.78 is 0. The highest BCUT2D eigenvalue weighted by atomic mass is 16.2. The van der Waals surface area contributed by atoms with E-state index in [0.29, 0.717) is 0 Å². The zero-order valence-electron chi connectivity index (χ0n) is 11.7. The Balaban J connectivity index is 1.68. The van der Waals surface area contributed by atoms with Gasteiger partial charge < -0.3 is 14.8 Å². The average Bonchev–Trinajstić information content (AvgIpc) is 2.99. The van der Waals surface area contributed by atoms with Crippen molar-refractivity contribution in [2.45, 2.75) is 32.6 Å².